The van der Waals surface area contributed by atoms with Gasteiger partial charge in [-0.05, 0) is 6.58 Å². The van der Waals surface area contributed by atoms with E-state index in [4.69, 9.17) is 0 Å². The lowest BCUT2D eigenvalue weighted by Crippen LogP contribution is -1.47. The van der Waals surface area contributed by atoms with Crippen LogP contribution in [0.2, 0.25) is 0 Å². The molecule has 0 amide bonds. The first-order valence-corrected chi connectivity index (χ1v) is 3.97. The highest BCUT2D eigenvalue weighted by molar-refractivity contribution is 7.70. The molecule has 0 atom stereocenters. The summed E-state index contributed by atoms with van der Waals surface area (Å²) in [6, 6.07) is 12.0. The van der Waals surface area contributed by atoms with Crippen LogP contribution in [0.3, 0.4) is 0 Å². The van der Waals surface area contributed by atoms with E-state index >= 15 is 0 Å². The molecule has 3 heteroatoms. The van der Waals surface area contributed by atoms with Gasteiger partial charge in [-0.3, -0.25) is 0 Å². The maximum atomic E-state index is 9.19. The molecule has 0 bridgehead atoms. The number of hydrogen-bond acceptors (Lipinski definition) is 2. The van der Waals surface area contributed by atoms with Crippen LogP contribution in [0.25, 0.3) is 0 Å². The zero-order chi connectivity index (χ0) is 8.53. The van der Waals surface area contributed by atoms with Crippen LogP contribution in [0.15, 0.2) is 43.0 Å². The summed E-state index contributed by atoms with van der Waals surface area (Å²) in [5.74, 6) is 0. The molecule has 1 aromatic carbocycles. The number of hydrogen-bond donors (Lipinski definition) is 0. The van der Waals surface area contributed by atoms with Gasteiger partial charge < -0.3 is 0 Å². The lowest BCUT2D eigenvalue weighted by Gasteiger charge is -1.69. The average molecular weight is 168 g/mol. The summed E-state index contributed by atoms with van der Waals surface area (Å²) in [5.41, 5.74) is 0. The first-order valence-electron chi connectivity index (χ1n) is 2.89. The van der Waals surface area contributed by atoms with Crippen LogP contribution >= 0.6 is 0 Å². The summed E-state index contributed by atoms with van der Waals surface area (Å²) in [4.78, 5) is 0. The normalized spacial score (nSPS) is 6.91. The highest BCUT2D eigenvalue weighted by Gasteiger charge is 1.57. The summed E-state index contributed by atoms with van der Waals surface area (Å²) in [6.07, 6.45) is 0. The van der Waals surface area contributed by atoms with E-state index in [0.29, 0.717) is 0 Å². The predicted molar refractivity (Wildman–Crippen MR) is 46.0 cm³/mol. The van der Waals surface area contributed by atoms with E-state index in [2.05, 4.69) is 6.58 Å². The molecule has 0 radical (unpaired) electrons. The first kappa shape index (κ1) is 9.69. The molecule has 0 N–H and O–H groups in total. The van der Waals surface area contributed by atoms with Crippen LogP contribution in [-0.4, -0.2) is 13.4 Å². The Balaban J connectivity index is 0.000000187. The minimum atomic E-state index is -2.18. The SMILES string of the molecule is C=C=S(=O)=O.c1ccccc1. The monoisotopic (exact) mass is 168 g/mol. The molecular weight excluding hydrogens is 160 g/mol. The van der Waals surface area contributed by atoms with E-state index in [1.165, 1.54) is 0 Å². The molecule has 0 aliphatic rings. The third-order valence-corrected chi connectivity index (χ3v) is 1.02. The summed E-state index contributed by atoms with van der Waals surface area (Å²) >= 11 is 0. The van der Waals surface area contributed by atoms with E-state index in [1.54, 1.807) is 5.02 Å². The van der Waals surface area contributed by atoms with Crippen LogP contribution in [0.1, 0.15) is 0 Å². The van der Waals surface area contributed by atoms with Crippen molar-refractivity contribution in [3.63, 3.8) is 0 Å². The lowest BCUT2D eigenvalue weighted by atomic mass is 10.4. The molecule has 0 unspecified atom stereocenters. The summed E-state index contributed by atoms with van der Waals surface area (Å²) < 4.78 is 18.4. The second kappa shape index (κ2) is 6.81. The maximum absolute atomic E-state index is 9.19. The van der Waals surface area contributed by atoms with Gasteiger partial charge in [0, 0.05) is 5.02 Å². The Kier molecular flexibility index (Phi) is 5.99. The smallest absolute Gasteiger partial charge is 0.176 e. The summed E-state index contributed by atoms with van der Waals surface area (Å²) in [5, 5.41) is 1.69. The van der Waals surface area contributed by atoms with Gasteiger partial charge in [0.1, 0.15) is 0 Å². The molecule has 0 heterocycles. The van der Waals surface area contributed by atoms with Crippen LogP contribution in [0, 0.1) is 0 Å². The Labute approximate surface area is 67.3 Å². The van der Waals surface area contributed by atoms with Crippen molar-refractivity contribution < 1.29 is 8.42 Å². The standard InChI is InChI=1S/C6H6.C2H2O2S/c1-2-4-6-5-3-1;1-2-5(3)4/h1-6H;1H2. The topological polar surface area (TPSA) is 34.1 Å². The van der Waals surface area contributed by atoms with E-state index < -0.39 is 10.3 Å². The Morgan fingerprint density at radius 2 is 1.09 bits per heavy atom. The van der Waals surface area contributed by atoms with E-state index in [1.807, 2.05) is 36.4 Å². The van der Waals surface area contributed by atoms with E-state index in [9.17, 15) is 8.42 Å². The number of rotatable bonds is 0. The van der Waals surface area contributed by atoms with Gasteiger partial charge in [-0.25, -0.2) is 0 Å². The third kappa shape index (κ3) is 8.69. The van der Waals surface area contributed by atoms with Crippen molar-refractivity contribution in [2.75, 3.05) is 0 Å². The van der Waals surface area contributed by atoms with Gasteiger partial charge in [0.25, 0.3) is 10.3 Å². The molecule has 1 aromatic rings. The van der Waals surface area contributed by atoms with E-state index in [-0.39, 0.29) is 0 Å². The van der Waals surface area contributed by atoms with Gasteiger partial charge in [-0.15, -0.1) is 0 Å². The van der Waals surface area contributed by atoms with Crippen molar-refractivity contribution >= 4 is 15.3 Å². The second-order valence-electron chi connectivity index (χ2n) is 1.53. The number of benzene rings is 1. The van der Waals surface area contributed by atoms with Crippen molar-refractivity contribution in [2.45, 2.75) is 0 Å². The highest BCUT2D eigenvalue weighted by atomic mass is 32.2. The molecule has 11 heavy (non-hydrogen) atoms. The zero-order valence-corrected chi connectivity index (χ0v) is 6.71. The zero-order valence-electron chi connectivity index (χ0n) is 5.90. The van der Waals surface area contributed by atoms with E-state index in [0.717, 1.165) is 0 Å². The fourth-order valence-electron chi connectivity index (χ4n) is 0.385. The molecule has 0 aromatic heterocycles. The summed E-state index contributed by atoms with van der Waals surface area (Å²) in [7, 11) is -2.18. The Morgan fingerprint density at radius 1 is 0.909 bits per heavy atom. The second-order valence-corrected chi connectivity index (χ2v) is 2.29. The molecule has 0 fully saturated rings. The van der Waals surface area contributed by atoms with Gasteiger partial charge in [0.15, 0.2) is 0 Å². The Hall–Kier alpha value is -1.31. The molecule has 0 spiro atoms. The van der Waals surface area contributed by atoms with Gasteiger partial charge >= 0.3 is 0 Å². The predicted octanol–water partition coefficient (Wildman–Crippen LogP) is 1.14. The highest BCUT2D eigenvalue weighted by Crippen LogP contribution is 1.79. The molecule has 1 rings (SSSR count). The van der Waals surface area contributed by atoms with Crippen molar-refractivity contribution in [1.82, 2.24) is 0 Å². The maximum Gasteiger partial charge on any atom is 0.259 e. The lowest BCUT2D eigenvalue weighted by molar-refractivity contribution is 0.627. The van der Waals surface area contributed by atoms with Gasteiger partial charge in [-0.1, -0.05) is 36.4 Å². The van der Waals surface area contributed by atoms with Crippen LogP contribution in [0.4, 0.5) is 0 Å². The molecule has 0 aliphatic carbocycles. The van der Waals surface area contributed by atoms with Crippen LogP contribution < -0.4 is 0 Å². The molecule has 2 nitrogen and oxygen atoms in total. The minimum Gasteiger partial charge on any atom is -0.176 e. The average Bonchev–Trinajstić information content (AvgIpc) is 2.09. The molecular formula is C8H8O2S. The van der Waals surface area contributed by atoms with Crippen molar-refractivity contribution in [1.29, 1.82) is 0 Å². The third-order valence-electron chi connectivity index (χ3n) is 0.785. The fourth-order valence-corrected chi connectivity index (χ4v) is 0.385. The van der Waals surface area contributed by atoms with Crippen molar-refractivity contribution in [2.24, 2.45) is 0 Å². The Morgan fingerprint density at radius 3 is 1.18 bits per heavy atom. The fraction of sp³-hybridized carbons (Fsp3) is 0. The molecule has 58 valence electrons. The summed E-state index contributed by atoms with van der Waals surface area (Å²) in [6.45, 7) is 2.82. The molecule has 0 saturated carbocycles. The van der Waals surface area contributed by atoms with Crippen LogP contribution in [-0.2, 0) is 10.3 Å². The van der Waals surface area contributed by atoms with Crippen molar-refractivity contribution in [3.8, 4) is 0 Å². The van der Waals surface area contributed by atoms with Gasteiger partial charge in [0.05, 0.1) is 0 Å². The quantitative estimate of drug-likeness (QED) is 0.544. The van der Waals surface area contributed by atoms with Crippen LogP contribution in [0.5, 0.6) is 0 Å². The first-order chi connectivity index (χ1) is 5.27. The van der Waals surface area contributed by atoms with Crippen molar-refractivity contribution in [3.05, 3.63) is 43.0 Å². The van der Waals surface area contributed by atoms with Gasteiger partial charge in [-0.2, -0.15) is 8.42 Å². The largest absolute Gasteiger partial charge is 0.259 e. The van der Waals surface area contributed by atoms with Gasteiger partial charge in [0.2, 0.25) is 0 Å². The molecule has 0 saturated heterocycles. The minimum absolute atomic E-state index is 1.69. The Bertz CT molecular complexity index is 286. The molecule has 0 aliphatic heterocycles.